The monoisotopic (exact) mass is 259 g/mol. The number of aryl methyl sites for hydroxylation is 1. The number of amides is 1. The first-order chi connectivity index (χ1) is 9.24. The number of rotatable bonds is 3. The molecule has 4 heteroatoms. The summed E-state index contributed by atoms with van der Waals surface area (Å²) in [6, 6.07) is 7.79. The van der Waals surface area contributed by atoms with Crippen molar-refractivity contribution in [1.29, 1.82) is 0 Å². The summed E-state index contributed by atoms with van der Waals surface area (Å²) in [7, 11) is 0. The van der Waals surface area contributed by atoms with E-state index >= 15 is 0 Å². The number of hydrogen-bond acceptors (Lipinski definition) is 3. The molecule has 0 radical (unpaired) electrons. The van der Waals surface area contributed by atoms with Gasteiger partial charge in [-0.25, -0.2) is 0 Å². The van der Waals surface area contributed by atoms with Crippen LogP contribution in [0.2, 0.25) is 0 Å². The molecular weight excluding hydrogens is 242 g/mol. The molecule has 0 unspecified atom stereocenters. The molecule has 2 aliphatic rings. The van der Waals surface area contributed by atoms with E-state index in [1.807, 2.05) is 24.3 Å². The number of nitrogens with zero attached hydrogens (tertiary/aromatic N) is 1. The van der Waals surface area contributed by atoms with E-state index in [0.717, 1.165) is 36.9 Å². The molecule has 1 heterocycles. The Morgan fingerprint density at radius 1 is 1.26 bits per heavy atom. The molecule has 19 heavy (non-hydrogen) atoms. The number of carbonyl (C=O) groups excluding carboxylic acids is 2. The van der Waals surface area contributed by atoms with Crippen LogP contribution in [-0.2, 0) is 20.7 Å². The first-order valence-electron chi connectivity index (χ1n) is 6.82. The Kier molecular flexibility index (Phi) is 3.23. The van der Waals surface area contributed by atoms with E-state index < -0.39 is 0 Å². The molecule has 0 spiro atoms. The van der Waals surface area contributed by atoms with E-state index in [1.165, 1.54) is 0 Å². The molecule has 1 saturated carbocycles. The largest absolute Gasteiger partial charge is 0.461 e. The van der Waals surface area contributed by atoms with Gasteiger partial charge < -0.3 is 9.64 Å². The van der Waals surface area contributed by atoms with Gasteiger partial charge in [0.2, 0.25) is 5.91 Å². The van der Waals surface area contributed by atoms with E-state index in [0.29, 0.717) is 6.42 Å². The molecule has 1 fully saturated rings. The van der Waals surface area contributed by atoms with Gasteiger partial charge in [-0.1, -0.05) is 18.2 Å². The number of benzene rings is 1. The lowest BCUT2D eigenvalue weighted by Gasteiger charge is -2.22. The normalized spacial score (nSPS) is 18.7. The predicted octanol–water partition coefficient (Wildman–Crippen LogP) is 2.06. The van der Waals surface area contributed by atoms with E-state index in [4.69, 9.17) is 4.74 Å². The van der Waals surface area contributed by atoms with Gasteiger partial charge in [-0.3, -0.25) is 9.59 Å². The van der Waals surface area contributed by atoms with Crippen LogP contribution >= 0.6 is 0 Å². The van der Waals surface area contributed by atoms with Crippen molar-refractivity contribution in [3.63, 3.8) is 0 Å². The van der Waals surface area contributed by atoms with Crippen LogP contribution in [-0.4, -0.2) is 24.5 Å². The average Bonchev–Trinajstić information content (AvgIpc) is 3.20. The van der Waals surface area contributed by atoms with Gasteiger partial charge in [-0.15, -0.1) is 0 Å². The maximum Gasteiger partial charge on any atom is 0.326 e. The fourth-order valence-electron chi connectivity index (χ4n) is 2.40. The summed E-state index contributed by atoms with van der Waals surface area (Å²) < 4.78 is 5.24. The Morgan fingerprint density at radius 3 is 2.84 bits per heavy atom. The Hall–Kier alpha value is -1.84. The summed E-state index contributed by atoms with van der Waals surface area (Å²) in [5.41, 5.74) is 1.99. The lowest BCUT2D eigenvalue weighted by atomic mass is 10.1. The third kappa shape index (κ3) is 2.78. The van der Waals surface area contributed by atoms with E-state index in [2.05, 4.69) is 0 Å². The highest BCUT2D eigenvalue weighted by atomic mass is 16.5. The van der Waals surface area contributed by atoms with Crippen LogP contribution in [0, 0.1) is 0 Å². The first-order valence-corrected chi connectivity index (χ1v) is 6.82. The van der Waals surface area contributed by atoms with Crippen LogP contribution in [0.1, 0.15) is 31.2 Å². The van der Waals surface area contributed by atoms with Gasteiger partial charge >= 0.3 is 5.97 Å². The summed E-state index contributed by atoms with van der Waals surface area (Å²) >= 11 is 0. The van der Waals surface area contributed by atoms with Crippen molar-refractivity contribution in [1.82, 2.24) is 0 Å². The third-order valence-electron chi connectivity index (χ3n) is 3.53. The fourth-order valence-corrected chi connectivity index (χ4v) is 2.40. The number of para-hydroxylation sites is 1. The van der Waals surface area contributed by atoms with Crippen molar-refractivity contribution in [3.8, 4) is 0 Å². The summed E-state index contributed by atoms with van der Waals surface area (Å²) in [5.74, 6) is -0.287. The van der Waals surface area contributed by atoms with Crippen molar-refractivity contribution < 1.29 is 14.3 Å². The number of carbonyl (C=O) groups is 2. The number of ether oxygens (including phenoxy) is 1. The van der Waals surface area contributed by atoms with Gasteiger partial charge in [0.05, 0.1) is 0 Å². The second-order valence-corrected chi connectivity index (χ2v) is 5.15. The average molecular weight is 259 g/mol. The molecule has 4 nitrogen and oxygen atoms in total. The van der Waals surface area contributed by atoms with Crippen LogP contribution in [0.5, 0.6) is 0 Å². The van der Waals surface area contributed by atoms with Gasteiger partial charge in [-0.2, -0.15) is 0 Å². The molecule has 0 atom stereocenters. The highest BCUT2D eigenvalue weighted by Crippen LogP contribution is 2.28. The third-order valence-corrected chi connectivity index (χ3v) is 3.53. The Bertz CT molecular complexity index is 508. The summed E-state index contributed by atoms with van der Waals surface area (Å²) in [6.45, 7) is 0.0341. The lowest BCUT2D eigenvalue weighted by Crippen LogP contribution is -2.36. The van der Waals surface area contributed by atoms with Crippen LogP contribution in [0.25, 0.3) is 0 Å². The van der Waals surface area contributed by atoms with Gasteiger partial charge in [0.15, 0.2) is 0 Å². The molecule has 3 rings (SSSR count). The van der Waals surface area contributed by atoms with Crippen LogP contribution < -0.4 is 4.90 Å². The fraction of sp³-hybridized carbons (Fsp3) is 0.467. The van der Waals surface area contributed by atoms with Crippen LogP contribution in [0.3, 0.4) is 0 Å². The second-order valence-electron chi connectivity index (χ2n) is 5.15. The molecule has 0 N–H and O–H groups in total. The highest BCUT2D eigenvalue weighted by molar-refractivity contribution is 5.98. The second kappa shape index (κ2) is 5.03. The van der Waals surface area contributed by atoms with Crippen LogP contribution in [0.15, 0.2) is 24.3 Å². The molecule has 0 bridgehead atoms. The Morgan fingerprint density at radius 2 is 2.05 bits per heavy atom. The standard InChI is InChI=1S/C15H17NO3/c17-14-7-3-5-11-4-1-2-6-13(11)16(14)10-15(18)19-12-8-9-12/h1-2,4,6,12H,3,5,7-10H2. The van der Waals surface area contributed by atoms with E-state index in [-0.39, 0.29) is 24.5 Å². The van der Waals surface area contributed by atoms with Crippen molar-refractivity contribution in [2.45, 2.75) is 38.2 Å². The molecule has 1 aliphatic heterocycles. The molecule has 1 aromatic rings. The van der Waals surface area contributed by atoms with Gasteiger partial charge in [0, 0.05) is 12.1 Å². The minimum Gasteiger partial charge on any atom is -0.461 e. The Balaban J connectivity index is 1.80. The maximum absolute atomic E-state index is 12.1. The zero-order valence-electron chi connectivity index (χ0n) is 10.8. The van der Waals surface area contributed by atoms with Crippen molar-refractivity contribution in [2.75, 3.05) is 11.4 Å². The molecular formula is C15H17NO3. The molecule has 1 aromatic carbocycles. The summed E-state index contributed by atoms with van der Waals surface area (Å²) in [4.78, 5) is 25.5. The predicted molar refractivity (Wildman–Crippen MR) is 70.8 cm³/mol. The highest BCUT2D eigenvalue weighted by Gasteiger charge is 2.29. The molecule has 100 valence electrons. The molecule has 0 saturated heterocycles. The quantitative estimate of drug-likeness (QED) is 0.781. The van der Waals surface area contributed by atoms with Crippen molar-refractivity contribution >= 4 is 17.6 Å². The number of esters is 1. The molecule has 0 aromatic heterocycles. The number of hydrogen-bond donors (Lipinski definition) is 0. The summed E-state index contributed by atoms with van der Waals surface area (Å²) in [6.07, 6.45) is 4.21. The Labute approximate surface area is 112 Å². The van der Waals surface area contributed by atoms with Crippen LogP contribution in [0.4, 0.5) is 5.69 Å². The molecule has 1 amide bonds. The summed E-state index contributed by atoms with van der Waals surface area (Å²) in [5, 5.41) is 0. The van der Waals surface area contributed by atoms with Gasteiger partial charge in [0.25, 0.3) is 0 Å². The zero-order chi connectivity index (χ0) is 13.2. The SMILES string of the molecule is O=C(CN1C(=O)CCCc2ccccc21)OC1CC1. The topological polar surface area (TPSA) is 46.6 Å². The maximum atomic E-state index is 12.1. The van der Waals surface area contributed by atoms with Crippen molar-refractivity contribution in [3.05, 3.63) is 29.8 Å². The number of anilines is 1. The minimum absolute atomic E-state index is 0.0118. The molecule has 1 aliphatic carbocycles. The number of fused-ring (bicyclic) bond motifs is 1. The zero-order valence-corrected chi connectivity index (χ0v) is 10.8. The lowest BCUT2D eigenvalue weighted by molar-refractivity contribution is -0.144. The van der Waals surface area contributed by atoms with Gasteiger partial charge in [-0.05, 0) is 37.3 Å². The van der Waals surface area contributed by atoms with E-state index in [1.54, 1.807) is 4.90 Å². The minimum atomic E-state index is -0.299. The smallest absolute Gasteiger partial charge is 0.326 e. The van der Waals surface area contributed by atoms with Crippen molar-refractivity contribution in [2.24, 2.45) is 0 Å². The van der Waals surface area contributed by atoms with E-state index in [9.17, 15) is 9.59 Å². The van der Waals surface area contributed by atoms with Gasteiger partial charge in [0.1, 0.15) is 12.6 Å². The first kappa shape index (κ1) is 12.2.